The number of rotatable bonds is 7. The summed E-state index contributed by atoms with van der Waals surface area (Å²) >= 11 is 9.06. The molecule has 2 aliphatic rings. The predicted molar refractivity (Wildman–Crippen MR) is 175 cm³/mol. The summed E-state index contributed by atoms with van der Waals surface area (Å²) in [5, 5.41) is 2.47. The molecular formula is C31H23Br2N3O6S2. The van der Waals surface area contributed by atoms with Crippen molar-refractivity contribution in [3.05, 3.63) is 107 Å². The van der Waals surface area contributed by atoms with Gasteiger partial charge in [0.15, 0.2) is 0 Å². The molecule has 3 heterocycles. The highest BCUT2D eigenvalue weighted by Crippen LogP contribution is 2.54. The largest absolute Gasteiger partial charge is 0.462 e. The van der Waals surface area contributed by atoms with Crippen molar-refractivity contribution >= 4 is 90.0 Å². The summed E-state index contributed by atoms with van der Waals surface area (Å²) in [7, 11) is 0. The Kier molecular flexibility index (Phi) is 8.64. The lowest BCUT2D eigenvalue weighted by Gasteiger charge is -2.30. The molecule has 0 aliphatic carbocycles. The molecule has 13 heteroatoms. The van der Waals surface area contributed by atoms with Crippen LogP contribution in [0, 0.1) is 5.92 Å². The third-order valence-corrected chi connectivity index (χ3v) is 10.9. The van der Waals surface area contributed by atoms with Crippen LogP contribution in [0.4, 0.5) is 11.4 Å². The maximum Gasteiger partial charge on any atom is 0.338 e. The number of esters is 1. The fourth-order valence-electron chi connectivity index (χ4n) is 5.41. The molecule has 0 bridgehead atoms. The van der Waals surface area contributed by atoms with E-state index in [9.17, 15) is 24.0 Å². The Labute approximate surface area is 276 Å². The molecule has 1 fully saturated rings. The number of thioether (sulfide) groups is 1. The van der Waals surface area contributed by atoms with E-state index in [1.807, 2.05) is 24.3 Å². The molecule has 3 amide bonds. The van der Waals surface area contributed by atoms with Gasteiger partial charge < -0.3 is 10.1 Å². The van der Waals surface area contributed by atoms with Gasteiger partial charge in [-0.2, -0.15) is 0 Å². The molecule has 2 aliphatic heterocycles. The van der Waals surface area contributed by atoms with Crippen molar-refractivity contribution in [2.45, 2.75) is 29.7 Å². The van der Waals surface area contributed by atoms with Crippen molar-refractivity contribution < 1.29 is 23.9 Å². The number of hydrogen-bond acceptors (Lipinski definition) is 8. The molecule has 2 unspecified atom stereocenters. The van der Waals surface area contributed by atoms with Crippen LogP contribution < -0.4 is 15.1 Å². The average Bonchev–Trinajstić information content (AvgIpc) is 3.44. The first-order valence-electron chi connectivity index (χ1n) is 13.5. The monoisotopic (exact) mass is 755 g/mol. The first-order chi connectivity index (χ1) is 21.2. The Balaban J connectivity index is 1.33. The molecule has 4 aromatic rings. The number of nitrogens with one attached hydrogen (secondary N) is 1. The second-order valence-corrected chi connectivity index (χ2v) is 14.0. The van der Waals surface area contributed by atoms with E-state index in [2.05, 4.69) is 37.2 Å². The molecule has 0 spiro atoms. The molecule has 3 atom stereocenters. The van der Waals surface area contributed by atoms with E-state index in [1.54, 1.807) is 55.5 Å². The van der Waals surface area contributed by atoms with Gasteiger partial charge in [0.25, 0.3) is 0 Å². The van der Waals surface area contributed by atoms with Gasteiger partial charge in [-0.25, -0.2) is 9.69 Å². The molecule has 1 saturated heterocycles. The number of halogens is 2. The van der Waals surface area contributed by atoms with Crippen LogP contribution in [0.5, 0.6) is 0 Å². The van der Waals surface area contributed by atoms with Crippen LogP contribution in [0.3, 0.4) is 0 Å². The van der Waals surface area contributed by atoms with E-state index >= 15 is 0 Å². The normalized spacial score (nSPS) is 19.0. The van der Waals surface area contributed by atoms with Gasteiger partial charge in [0.1, 0.15) is 11.8 Å². The summed E-state index contributed by atoms with van der Waals surface area (Å²) in [5.41, 5.74) is 2.06. The van der Waals surface area contributed by atoms with Gasteiger partial charge in [0.05, 0.1) is 28.8 Å². The molecule has 224 valence electrons. The van der Waals surface area contributed by atoms with E-state index in [-0.39, 0.29) is 29.8 Å². The Hall–Kier alpha value is -3.52. The zero-order valence-electron chi connectivity index (χ0n) is 23.0. The molecule has 6 rings (SSSR count). The summed E-state index contributed by atoms with van der Waals surface area (Å²) in [6.45, 7) is 1.68. The van der Waals surface area contributed by atoms with Crippen LogP contribution >= 0.6 is 55.0 Å². The summed E-state index contributed by atoms with van der Waals surface area (Å²) in [6.07, 6.45) is 0. The summed E-state index contributed by atoms with van der Waals surface area (Å²) in [6, 6.07) is 20.7. The molecular weight excluding hydrogens is 734 g/mol. The number of carbonyl (C=O) groups excluding carboxylic acids is 4. The molecule has 0 radical (unpaired) electrons. The van der Waals surface area contributed by atoms with Crippen molar-refractivity contribution in [2.24, 2.45) is 5.92 Å². The number of nitrogens with zero attached hydrogens (tertiary/aromatic N) is 2. The topological polar surface area (TPSA) is 115 Å². The lowest BCUT2D eigenvalue weighted by Crippen LogP contribution is -2.33. The van der Waals surface area contributed by atoms with Crippen LogP contribution in [0.25, 0.3) is 0 Å². The number of anilines is 2. The van der Waals surface area contributed by atoms with E-state index in [0.717, 1.165) is 37.6 Å². The van der Waals surface area contributed by atoms with Crippen molar-refractivity contribution in [1.82, 2.24) is 4.57 Å². The van der Waals surface area contributed by atoms with Crippen LogP contribution in [-0.4, -0.2) is 40.1 Å². The van der Waals surface area contributed by atoms with E-state index in [1.165, 1.54) is 9.47 Å². The van der Waals surface area contributed by atoms with Gasteiger partial charge in [-0.05, 0) is 73.2 Å². The zero-order chi connectivity index (χ0) is 31.1. The van der Waals surface area contributed by atoms with Crippen molar-refractivity contribution in [2.75, 3.05) is 16.8 Å². The van der Waals surface area contributed by atoms with E-state index in [0.29, 0.717) is 26.8 Å². The maximum absolute atomic E-state index is 14.0. The van der Waals surface area contributed by atoms with Crippen LogP contribution in [0.1, 0.15) is 33.6 Å². The third kappa shape index (κ3) is 5.69. The quantitative estimate of drug-likeness (QED) is 0.181. The second kappa shape index (κ2) is 12.5. The lowest BCUT2D eigenvalue weighted by atomic mass is 9.83. The van der Waals surface area contributed by atoms with Gasteiger partial charge in [0, 0.05) is 25.4 Å². The number of thiazole rings is 1. The van der Waals surface area contributed by atoms with E-state index in [4.69, 9.17) is 4.74 Å². The fourth-order valence-corrected chi connectivity index (χ4v) is 8.86. The fraction of sp³-hybridized carbons (Fsp3) is 0.194. The van der Waals surface area contributed by atoms with Gasteiger partial charge in [-0.1, -0.05) is 67.1 Å². The average molecular weight is 757 g/mol. The molecule has 0 saturated carbocycles. The van der Waals surface area contributed by atoms with Crippen molar-refractivity contribution in [1.29, 1.82) is 0 Å². The number of fused-ring (bicyclic) bond motifs is 2. The number of amides is 3. The summed E-state index contributed by atoms with van der Waals surface area (Å²) in [5.74, 6) is -2.92. The summed E-state index contributed by atoms with van der Waals surface area (Å²) in [4.78, 5) is 67.8. The van der Waals surface area contributed by atoms with Gasteiger partial charge in [-0.15, -0.1) is 0 Å². The number of imide groups is 1. The molecule has 44 heavy (non-hydrogen) atoms. The number of carbonyl (C=O) groups is 4. The minimum atomic E-state index is -0.790. The van der Waals surface area contributed by atoms with Gasteiger partial charge in [-0.3, -0.25) is 23.7 Å². The van der Waals surface area contributed by atoms with Gasteiger partial charge in [0.2, 0.25) is 17.7 Å². The third-order valence-electron chi connectivity index (χ3n) is 7.32. The van der Waals surface area contributed by atoms with Crippen LogP contribution in [-0.2, 0) is 25.7 Å². The van der Waals surface area contributed by atoms with Crippen molar-refractivity contribution in [3.63, 3.8) is 0 Å². The Morgan fingerprint density at radius 3 is 2.34 bits per heavy atom. The van der Waals surface area contributed by atoms with E-state index < -0.39 is 29.0 Å². The lowest BCUT2D eigenvalue weighted by molar-refractivity contribution is -0.122. The van der Waals surface area contributed by atoms with Gasteiger partial charge >= 0.3 is 10.8 Å². The molecule has 3 aromatic carbocycles. The Bertz CT molecular complexity index is 1860. The highest BCUT2D eigenvalue weighted by molar-refractivity contribution is 9.10. The van der Waals surface area contributed by atoms with Crippen LogP contribution in [0.15, 0.2) is 91.6 Å². The highest BCUT2D eigenvalue weighted by atomic mass is 79.9. The first kappa shape index (κ1) is 30.5. The minimum Gasteiger partial charge on any atom is -0.462 e. The number of aromatic nitrogens is 1. The SMILES string of the molecule is CCOC(=O)c1ccc(NC(=O)Cn2c3c(sc2=O)[C@H](c2cccc(Br)c2)C2C(=O)N(c4ccc(Br)cc4)C(=O)C2S3)cc1. The Morgan fingerprint density at radius 2 is 1.66 bits per heavy atom. The minimum absolute atomic E-state index is 0.251. The standard InChI is InChI=1S/C31H23Br2N3O6S2/c1-2-42-30(40)16-6-10-20(11-7-16)34-22(37)15-35-29-26(44-31(35)41)23(17-4-3-5-19(33)14-17)24-25(43-29)28(39)36(27(24)38)21-12-8-18(32)9-13-21/h3-14,23-25H,2,15H2,1H3,(H,34,37)/t23-,24?,25?/m1/s1. The highest BCUT2D eigenvalue weighted by Gasteiger charge is 2.56. The Morgan fingerprint density at radius 1 is 0.932 bits per heavy atom. The smallest absolute Gasteiger partial charge is 0.338 e. The first-order valence-corrected chi connectivity index (χ1v) is 16.8. The molecule has 1 N–H and O–H groups in total. The second-order valence-electron chi connectivity index (χ2n) is 10.1. The zero-order valence-corrected chi connectivity index (χ0v) is 27.8. The maximum atomic E-state index is 14.0. The number of benzene rings is 3. The summed E-state index contributed by atoms with van der Waals surface area (Å²) < 4.78 is 7.98. The number of ether oxygens (including phenoxy) is 1. The number of hydrogen-bond donors (Lipinski definition) is 1. The van der Waals surface area contributed by atoms with Crippen LogP contribution in [0.2, 0.25) is 0 Å². The van der Waals surface area contributed by atoms with Crippen molar-refractivity contribution in [3.8, 4) is 0 Å². The molecule has 9 nitrogen and oxygen atoms in total. The predicted octanol–water partition coefficient (Wildman–Crippen LogP) is 6.05. The molecule has 1 aromatic heterocycles.